The summed E-state index contributed by atoms with van der Waals surface area (Å²) in [5.74, 6) is 1.45. The van der Waals surface area contributed by atoms with Crippen molar-refractivity contribution in [3.05, 3.63) is 57.8 Å². The van der Waals surface area contributed by atoms with E-state index in [9.17, 15) is 9.59 Å². The zero-order chi connectivity index (χ0) is 24.4. The molecule has 0 radical (unpaired) electrons. The monoisotopic (exact) mass is 493 g/mol. The van der Waals surface area contributed by atoms with Crippen LogP contribution in [0.3, 0.4) is 0 Å². The Hall–Kier alpha value is -3.53. The van der Waals surface area contributed by atoms with E-state index in [0.29, 0.717) is 34.1 Å². The van der Waals surface area contributed by atoms with Crippen LogP contribution >= 0.6 is 11.8 Å². The van der Waals surface area contributed by atoms with E-state index in [1.54, 1.807) is 24.5 Å². The van der Waals surface area contributed by atoms with E-state index in [4.69, 9.17) is 9.47 Å². The molecule has 0 bridgehead atoms. The second-order valence-electron chi connectivity index (χ2n) is 8.59. The summed E-state index contributed by atoms with van der Waals surface area (Å²) in [6, 6.07) is 5.30. The van der Waals surface area contributed by atoms with Gasteiger partial charge in [-0.15, -0.1) is 11.8 Å². The van der Waals surface area contributed by atoms with Crippen LogP contribution in [-0.2, 0) is 6.54 Å². The number of hydrogen-bond acceptors (Lipinski definition) is 8. The summed E-state index contributed by atoms with van der Waals surface area (Å²) >= 11 is 1.47. The molecule has 1 aromatic carbocycles. The number of nitrogens with zero attached hydrogens (tertiary/aromatic N) is 3. The summed E-state index contributed by atoms with van der Waals surface area (Å²) in [4.78, 5) is 40.5. The van der Waals surface area contributed by atoms with Crippen LogP contribution < -0.4 is 25.2 Å². The summed E-state index contributed by atoms with van der Waals surface area (Å²) in [5.41, 5.74) is 2.93. The van der Waals surface area contributed by atoms with E-state index in [0.717, 1.165) is 42.1 Å². The quantitative estimate of drug-likeness (QED) is 0.502. The second kappa shape index (κ2) is 9.99. The molecular weight excluding hydrogens is 466 g/mol. The lowest BCUT2D eigenvalue weighted by Gasteiger charge is -2.26. The minimum absolute atomic E-state index is 0.0793. The maximum absolute atomic E-state index is 13.1. The Bertz CT molecular complexity index is 1300. The van der Waals surface area contributed by atoms with Crippen molar-refractivity contribution in [1.29, 1.82) is 0 Å². The lowest BCUT2D eigenvalue weighted by Crippen LogP contribution is -2.30. The first-order chi connectivity index (χ1) is 17.0. The van der Waals surface area contributed by atoms with Gasteiger partial charge in [0.2, 0.25) is 12.7 Å². The highest BCUT2D eigenvalue weighted by Crippen LogP contribution is 2.42. The van der Waals surface area contributed by atoms with Gasteiger partial charge in [-0.2, -0.15) is 0 Å². The van der Waals surface area contributed by atoms with Crippen LogP contribution in [0.5, 0.6) is 11.5 Å². The first-order valence-electron chi connectivity index (χ1n) is 11.6. The number of nitrogens with one attached hydrogen (secondary N) is 2. The summed E-state index contributed by atoms with van der Waals surface area (Å²) in [6.07, 6.45) is 8.95. The van der Waals surface area contributed by atoms with Crippen molar-refractivity contribution in [2.24, 2.45) is 0 Å². The number of aromatic nitrogens is 3. The maximum atomic E-state index is 13.1. The molecule has 0 aliphatic carbocycles. The van der Waals surface area contributed by atoms with Gasteiger partial charge in [0, 0.05) is 64.9 Å². The summed E-state index contributed by atoms with van der Waals surface area (Å²) < 4.78 is 11.3. The highest BCUT2D eigenvalue weighted by Gasteiger charge is 2.24. The summed E-state index contributed by atoms with van der Waals surface area (Å²) in [6.45, 7) is 3.95. The molecule has 1 fully saturated rings. The third kappa shape index (κ3) is 4.84. The topological polar surface area (TPSA) is 109 Å². The first-order valence-corrected chi connectivity index (χ1v) is 12.8. The van der Waals surface area contributed by atoms with Crippen molar-refractivity contribution in [2.75, 3.05) is 31.0 Å². The van der Waals surface area contributed by atoms with Gasteiger partial charge >= 0.3 is 0 Å². The van der Waals surface area contributed by atoms with E-state index in [1.807, 2.05) is 19.2 Å². The number of rotatable bonds is 6. The number of hydrogen-bond donors (Lipinski definition) is 2. The first kappa shape index (κ1) is 23.2. The Morgan fingerprint density at radius 2 is 1.91 bits per heavy atom. The molecule has 2 N–H and O–H groups in total. The van der Waals surface area contributed by atoms with Gasteiger partial charge in [-0.3, -0.25) is 9.59 Å². The number of piperidine rings is 1. The smallest absolute Gasteiger partial charge is 0.254 e. The second-order valence-corrected chi connectivity index (χ2v) is 9.44. The molecule has 1 saturated heterocycles. The molecule has 5 rings (SSSR count). The number of ether oxygens (including phenoxy) is 2. The van der Waals surface area contributed by atoms with Crippen LogP contribution in [0.1, 0.15) is 40.9 Å². The van der Waals surface area contributed by atoms with E-state index in [-0.39, 0.29) is 24.8 Å². The SMILES string of the molecule is CSc1cc(C)[nH]c(=O)c1CNC(=O)c1cc2c(c(-c3cnc(N4CCCCC4)nc3)c1)OCO2. The molecule has 10 heteroatoms. The van der Waals surface area contributed by atoms with E-state index >= 15 is 0 Å². The molecule has 182 valence electrons. The molecule has 9 nitrogen and oxygen atoms in total. The number of anilines is 1. The molecule has 1 amide bonds. The summed E-state index contributed by atoms with van der Waals surface area (Å²) in [5, 5.41) is 2.87. The van der Waals surface area contributed by atoms with Crippen molar-refractivity contribution in [2.45, 2.75) is 37.6 Å². The summed E-state index contributed by atoms with van der Waals surface area (Å²) in [7, 11) is 0. The number of amides is 1. The van der Waals surface area contributed by atoms with Gasteiger partial charge in [0.25, 0.3) is 11.5 Å². The zero-order valence-electron chi connectivity index (χ0n) is 19.7. The van der Waals surface area contributed by atoms with Crippen LogP contribution in [0.15, 0.2) is 40.3 Å². The molecular formula is C25H27N5O4S. The van der Waals surface area contributed by atoms with Crippen LogP contribution in [0.4, 0.5) is 5.95 Å². The van der Waals surface area contributed by atoms with E-state index in [1.165, 1.54) is 18.2 Å². The number of aromatic amines is 1. The standard InChI is InChI=1S/C25H27N5O4S/c1-15-8-21(35-2)19(24(32)29-15)13-26-23(31)16-9-18(22-20(10-16)33-14-34-22)17-11-27-25(28-12-17)30-6-4-3-5-7-30/h8-12H,3-7,13-14H2,1-2H3,(H,26,31)(H,29,32). The number of pyridine rings is 1. The highest BCUT2D eigenvalue weighted by atomic mass is 32.2. The Labute approximate surface area is 207 Å². The average molecular weight is 494 g/mol. The fourth-order valence-corrected chi connectivity index (χ4v) is 5.09. The Balaban J connectivity index is 1.40. The van der Waals surface area contributed by atoms with Crippen molar-refractivity contribution in [3.63, 3.8) is 0 Å². The van der Waals surface area contributed by atoms with E-state index < -0.39 is 0 Å². The molecule has 2 aliphatic heterocycles. The van der Waals surface area contributed by atoms with Crippen LogP contribution in [-0.4, -0.2) is 47.0 Å². The van der Waals surface area contributed by atoms with Crippen LogP contribution in [0, 0.1) is 6.92 Å². The van der Waals surface area contributed by atoms with Gasteiger partial charge in [0.1, 0.15) is 0 Å². The van der Waals surface area contributed by atoms with E-state index in [2.05, 4.69) is 25.2 Å². The van der Waals surface area contributed by atoms with Gasteiger partial charge in [0.15, 0.2) is 11.5 Å². The molecule has 0 spiro atoms. The predicted octanol–water partition coefficient (Wildman–Crippen LogP) is 3.51. The minimum Gasteiger partial charge on any atom is -0.454 e. The molecule has 0 saturated carbocycles. The minimum atomic E-state index is -0.317. The van der Waals surface area contributed by atoms with Gasteiger partial charge in [-0.25, -0.2) is 9.97 Å². The number of thioether (sulfide) groups is 1. The third-order valence-corrected chi connectivity index (χ3v) is 7.00. The highest BCUT2D eigenvalue weighted by molar-refractivity contribution is 7.98. The molecule has 2 aromatic heterocycles. The van der Waals surface area contributed by atoms with Crippen LogP contribution in [0.2, 0.25) is 0 Å². The Morgan fingerprint density at radius 3 is 2.66 bits per heavy atom. The number of benzene rings is 1. The molecule has 0 atom stereocenters. The van der Waals surface area contributed by atoms with Gasteiger partial charge < -0.3 is 24.7 Å². The van der Waals surface area contributed by atoms with Gasteiger partial charge in [0.05, 0.1) is 0 Å². The zero-order valence-corrected chi connectivity index (χ0v) is 20.5. The third-order valence-electron chi connectivity index (χ3n) is 6.20. The lowest BCUT2D eigenvalue weighted by molar-refractivity contribution is 0.0950. The molecule has 2 aliphatic rings. The predicted molar refractivity (Wildman–Crippen MR) is 134 cm³/mol. The number of carbonyl (C=O) groups excluding carboxylic acids is 1. The molecule has 4 heterocycles. The van der Waals surface area contributed by atoms with Gasteiger partial charge in [-0.05, 0) is 50.6 Å². The Kier molecular flexibility index (Phi) is 6.63. The van der Waals surface area contributed by atoms with Crippen molar-refractivity contribution < 1.29 is 14.3 Å². The lowest BCUT2D eigenvalue weighted by atomic mass is 10.0. The van der Waals surface area contributed by atoms with Gasteiger partial charge in [-0.1, -0.05) is 0 Å². The number of fused-ring (bicyclic) bond motifs is 1. The number of aryl methyl sites for hydroxylation is 1. The van der Waals surface area contributed by atoms with Crippen molar-refractivity contribution >= 4 is 23.6 Å². The fourth-order valence-electron chi connectivity index (χ4n) is 4.38. The number of carbonyl (C=O) groups is 1. The van der Waals surface area contributed by atoms with Crippen molar-refractivity contribution in [3.8, 4) is 22.6 Å². The number of H-pyrrole nitrogens is 1. The molecule has 35 heavy (non-hydrogen) atoms. The largest absolute Gasteiger partial charge is 0.454 e. The van der Waals surface area contributed by atoms with Crippen LogP contribution in [0.25, 0.3) is 11.1 Å². The average Bonchev–Trinajstić information content (AvgIpc) is 3.36. The molecule has 0 unspecified atom stereocenters. The Morgan fingerprint density at radius 1 is 1.14 bits per heavy atom. The van der Waals surface area contributed by atoms with Crippen molar-refractivity contribution in [1.82, 2.24) is 20.3 Å². The normalized spacial score (nSPS) is 14.7. The molecule has 3 aromatic rings. The fraction of sp³-hybridized carbons (Fsp3) is 0.360. The maximum Gasteiger partial charge on any atom is 0.254 e.